The number of hydrazine groups is 1. The van der Waals surface area contributed by atoms with Crippen molar-refractivity contribution in [3.63, 3.8) is 0 Å². The second kappa shape index (κ2) is 6.77. The zero-order valence-corrected chi connectivity index (χ0v) is 8.73. The Morgan fingerprint density at radius 1 is 1.67 bits per heavy atom. The van der Waals surface area contributed by atoms with E-state index in [-0.39, 0.29) is 0 Å². The molecule has 7 heteroatoms. The summed E-state index contributed by atoms with van der Waals surface area (Å²) in [6, 6.07) is 0. The lowest BCUT2D eigenvalue weighted by Gasteiger charge is -2.07. The third kappa shape index (κ3) is 4.41. The van der Waals surface area contributed by atoms with Gasteiger partial charge in [0.2, 0.25) is 11.9 Å². The highest BCUT2D eigenvalue weighted by molar-refractivity contribution is 5.79. The summed E-state index contributed by atoms with van der Waals surface area (Å²) in [6.07, 6.45) is 3.01. The molecule has 0 fully saturated rings. The van der Waals surface area contributed by atoms with Gasteiger partial charge in [0.05, 0.1) is 0 Å². The molecule has 0 atom stereocenters. The number of hydrogen-bond acceptors (Lipinski definition) is 5. The minimum atomic E-state index is 0.580. The predicted molar refractivity (Wildman–Crippen MR) is 55.9 cm³/mol. The van der Waals surface area contributed by atoms with Crippen LogP contribution in [0.1, 0.15) is 19.2 Å². The van der Waals surface area contributed by atoms with Gasteiger partial charge in [-0.15, -0.1) is 0 Å². The van der Waals surface area contributed by atoms with Crippen molar-refractivity contribution >= 4 is 5.96 Å². The summed E-state index contributed by atoms with van der Waals surface area (Å²) >= 11 is 0. The molecule has 0 bridgehead atoms. The van der Waals surface area contributed by atoms with Crippen LogP contribution in [0.25, 0.3) is 0 Å². The van der Waals surface area contributed by atoms with Crippen LogP contribution in [0, 0.1) is 0 Å². The van der Waals surface area contributed by atoms with Crippen LogP contribution in [0.3, 0.4) is 0 Å². The highest BCUT2D eigenvalue weighted by Crippen LogP contribution is 1.90. The van der Waals surface area contributed by atoms with Crippen molar-refractivity contribution in [1.82, 2.24) is 20.9 Å². The van der Waals surface area contributed by atoms with Crippen LogP contribution < -0.4 is 16.6 Å². The van der Waals surface area contributed by atoms with Crippen LogP contribution in [0.2, 0.25) is 0 Å². The quantitative estimate of drug-likeness (QED) is 0.261. The van der Waals surface area contributed by atoms with E-state index in [9.17, 15) is 0 Å². The molecule has 0 aliphatic carbocycles. The molecule has 0 aliphatic rings. The molecule has 1 rings (SSSR count). The second-order valence-corrected chi connectivity index (χ2v) is 2.89. The first-order valence-corrected chi connectivity index (χ1v) is 4.87. The number of nitrogens with one attached hydrogen (secondary N) is 2. The number of aromatic nitrogens is 2. The fourth-order valence-corrected chi connectivity index (χ4v) is 0.970. The molecule has 0 saturated heterocycles. The average molecular weight is 212 g/mol. The lowest BCUT2D eigenvalue weighted by molar-refractivity contribution is 0.377. The Hall–Kier alpha value is -1.63. The average Bonchev–Trinajstić information content (AvgIpc) is 2.76. The van der Waals surface area contributed by atoms with E-state index in [1.54, 1.807) is 0 Å². The lowest BCUT2D eigenvalue weighted by atomic mass is 10.4. The van der Waals surface area contributed by atoms with Crippen molar-refractivity contribution in [2.24, 2.45) is 10.8 Å². The van der Waals surface area contributed by atoms with Gasteiger partial charge in [0.1, 0.15) is 0 Å². The van der Waals surface area contributed by atoms with E-state index in [1.807, 2.05) is 0 Å². The topological polar surface area (TPSA) is 101 Å². The molecule has 15 heavy (non-hydrogen) atoms. The Morgan fingerprint density at radius 2 is 2.53 bits per heavy atom. The standard InChI is InChI=1S/C8H16N6O/c1-2-4-10-8(14-9)11-5-3-7-12-6-13-15-7/h6H,2-5,9H2,1H3,(H2,10,11,14). The highest BCUT2D eigenvalue weighted by atomic mass is 16.5. The van der Waals surface area contributed by atoms with Crippen molar-refractivity contribution in [3.8, 4) is 0 Å². The first-order valence-electron chi connectivity index (χ1n) is 4.87. The molecule has 0 aromatic carbocycles. The first-order chi connectivity index (χ1) is 7.36. The maximum absolute atomic E-state index is 5.28. The minimum Gasteiger partial charge on any atom is -0.355 e. The molecule has 0 radical (unpaired) electrons. The molecule has 1 heterocycles. The fourth-order valence-electron chi connectivity index (χ4n) is 0.970. The van der Waals surface area contributed by atoms with Gasteiger partial charge in [0.15, 0.2) is 6.33 Å². The van der Waals surface area contributed by atoms with Crippen LogP contribution in [0.4, 0.5) is 0 Å². The maximum Gasteiger partial charge on any atom is 0.228 e. The number of rotatable bonds is 5. The summed E-state index contributed by atoms with van der Waals surface area (Å²) in [5.41, 5.74) is 2.49. The summed E-state index contributed by atoms with van der Waals surface area (Å²) in [5.74, 6) is 6.45. The van der Waals surface area contributed by atoms with E-state index in [1.165, 1.54) is 6.33 Å². The summed E-state index contributed by atoms with van der Waals surface area (Å²) in [6.45, 7) is 3.44. The van der Waals surface area contributed by atoms with Crippen LogP contribution in [-0.4, -0.2) is 29.2 Å². The number of hydrogen-bond donors (Lipinski definition) is 3. The van der Waals surface area contributed by atoms with E-state index in [0.717, 1.165) is 13.0 Å². The molecule has 0 saturated carbocycles. The van der Waals surface area contributed by atoms with E-state index in [2.05, 4.69) is 32.8 Å². The van der Waals surface area contributed by atoms with Crippen LogP contribution >= 0.6 is 0 Å². The number of guanidine groups is 1. The minimum absolute atomic E-state index is 0.580. The Labute approximate surface area is 88.1 Å². The van der Waals surface area contributed by atoms with E-state index >= 15 is 0 Å². The highest BCUT2D eigenvalue weighted by Gasteiger charge is 1.99. The Balaban J connectivity index is 2.23. The number of nitrogens with two attached hydrogens (primary N) is 1. The van der Waals surface area contributed by atoms with Crippen molar-refractivity contribution < 1.29 is 4.52 Å². The van der Waals surface area contributed by atoms with Gasteiger partial charge < -0.3 is 9.84 Å². The summed E-state index contributed by atoms with van der Waals surface area (Å²) in [5, 5.41) is 6.53. The van der Waals surface area contributed by atoms with Crippen LogP contribution in [0.5, 0.6) is 0 Å². The molecule has 1 aromatic rings. The van der Waals surface area contributed by atoms with Gasteiger partial charge in [-0.3, -0.25) is 10.4 Å². The third-order valence-corrected chi connectivity index (χ3v) is 1.67. The lowest BCUT2D eigenvalue weighted by Crippen LogP contribution is -2.42. The van der Waals surface area contributed by atoms with Crippen molar-refractivity contribution in [2.75, 3.05) is 13.1 Å². The van der Waals surface area contributed by atoms with Gasteiger partial charge in [-0.25, -0.2) is 5.84 Å². The first kappa shape index (κ1) is 11.4. The van der Waals surface area contributed by atoms with Gasteiger partial charge in [0, 0.05) is 19.5 Å². The van der Waals surface area contributed by atoms with Crippen molar-refractivity contribution in [1.29, 1.82) is 0 Å². The Bertz CT molecular complexity index is 283. The third-order valence-electron chi connectivity index (χ3n) is 1.67. The molecular weight excluding hydrogens is 196 g/mol. The molecule has 7 nitrogen and oxygen atoms in total. The zero-order chi connectivity index (χ0) is 10.9. The molecule has 0 amide bonds. The molecule has 84 valence electrons. The normalized spacial score (nSPS) is 11.5. The smallest absolute Gasteiger partial charge is 0.228 e. The SMILES string of the molecule is CCCN=C(NN)NCCc1ncno1. The largest absolute Gasteiger partial charge is 0.355 e. The molecule has 4 N–H and O–H groups in total. The molecule has 0 spiro atoms. The van der Waals surface area contributed by atoms with Gasteiger partial charge >= 0.3 is 0 Å². The molecule has 1 aromatic heterocycles. The summed E-state index contributed by atoms with van der Waals surface area (Å²) in [7, 11) is 0. The van der Waals surface area contributed by atoms with Crippen molar-refractivity contribution in [2.45, 2.75) is 19.8 Å². The number of nitrogens with zero attached hydrogens (tertiary/aromatic N) is 3. The maximum atomic E-state index is 5.28. The van der Waals surface area contributed by atoms with Gasteiger partial charge in [-0.2, -0.15) is 4.98 Å². The molecular formula is C8H16N6O. The van der Waals surface area contributed by atoms with Gasteiger partial charge in [-0.1, -0.05) is 12.1 Å². The van der Waals surface area contributed by atoms with E-state index in [4.69, 9.17) is 10.4 Å². The van der Waals surface area contributed by atoms with Gasteiger partial charge in [0.25, 0.3) is 0 Å². The van der Waals surface area contributed by atoms with E-state index < -0.39 is 0 Å². The predicted octanol–water partition coefficient (Wildman–Crippen LogP) is -0.569. The monoisotopic (exact) mass is 212 g/mol. The second-order valence-electron chi connectivity index (χ2n) is 2.89. The molecule has 0 aliphatic heterocycles. The Kier molecular flexibility index (Phi) is 5.16. The fraction of sp³-hybridized carbons (Fsp3) is 0.625. The number of aliphatic imine (C=N–C) groups is 1. The zero-order valence-electron chi connectivity index (χ0n) is 8.73. The summed E-state index contributed by atoms with van der Waals surface area (Å²) in [4.78, 5) is 8.07. The van der Waals surface area contributed by atoms with Crippen LogP contribution in [0.15, 0.2) is 15.8 Å². The Morgan fingerprint density at radius 3 is 3.13 bits per heavy atom. The van der Waals surface area contributed by atoms with Crippen molar-refractivity contribution in [3.05, 3.63) is 12.2 Å². The van der Waals surface area contributed by atoms with Crippen LogP contribution in [-0.2, 0) is 6.42 Å². The van der Waals surface area contributed by atoms with Gasteiger partial charge in [-0.05, 0) is 6.42 Å². The molecule has 0 unspecified atom stereocenters. The summed E-state index contributed by atoms with van der Waals surface area (Å²) < 4.78 is 4.84. The van der Waals surface area contributed by atoms with E-state index in [0.29, 0.717) is 24.8 Å².